The summed E-state index contributed by atoms with van der Waals surface area (Å²) < 4.78 is 0. The van der Waals surface area contributed by atoms with Gasteiger partial charge in [0.2, 0.25) is 0 Å². The molecule has 0 saturated carbocycles. The van der Waals surface area contributed by atoms with E-state index in [0.717, 1.165) is 27.5 Å². The maximum atomic E-state index is 12.7. The number of aryl methyl sites for hydroxylation is 1. The number of carbonyl (C=O) groups excluding carboxylic acids is 1. The molecule has 1 N–H and O–H groups in total. The highest BCUT2D eigenvalue weighted by Gasteiger charge is 2.13. The standard InChI is InChI=1S/C20H19NOS2/c1-14-7-5-10-18(15(14)2)21-20(22)17-9-3-4-11-19(17)24-13-16-8-6-12-23-16/h3-12H,13H2,1-2H3,(H,21,22). The van der Waals surface area contributed by atoms with Gasteiger partial charge >= 0.3 is 0 Å². The maximum Gasteiger partial charge on any atom is 0.256 e. The first-order valence-corrected chi connectivity index (χ1v) is 9.63. The van der Waals surface area contributed by atoms with Crippen LogP contribution in [0.5, 0.6) is 0 Å². The number of carbonyl (C=O) groups is 1. The molecule has 0 aliphatic heterocycles. The van der Waals surface area contributed by atoms with Crippen LogP contribution in [0, 0.1) is 13.8 Å². The quantitative estimate of drug-likeness (QED) is 0.578. The van der Waals surface area contributed by atoms with Crippen molar-refractivity contribution in [3.8, 4) is 0 Å². The van der Waals surface area contributed by atoms with Crippen LogP contribution in [0.15, 0.2) is 64.9 Å². The van der Waals surface area contributed by atoms with Crippen molar-refractivity contribution in [1.29, 1.82) is 0 Å². The number of hydrogen-bond acceptors (Lipinski definition) is 3. The van der Waals surface area contributed by atoms with Crippen LogP contribution in [0.1, 0.15) is 26.4 Å². The van der Waals surface area contributed by atoms with Gasteiger partial charge in [-0.25, -0.2) is 0 Å². The van der Waals surface area contributed by atoms with Crippen LogP contribution in [0.2, 0.25) is 0 Å². The van der Waals surface area contributed by atoms with Gasteiger partial charge in [0.25, 0.3) is 5.91 Å². The molecule has 0 fully saturated rings. The highest BCUT2D eigenvalue weighted by Crippen LogP contribution is 2.29. The fraction of sp³-hybridized carbons (Fsp3) is 0.150. The summed E-state index contributed by atoms with van der Waals surface area (Å²) in [5.41, 5.74) is 3.88. The Morgan fingerprint density at radius 3 is 2.67 bits per heavy atom. The molecule has 0 aliphatic carbocycles. The molecule has 0 unspecified atom stereocenters. The highest BCUT2D eigenvalue weighted by atomic mass is 32.2. The summed E-state index contributed by atoms with van der Waals surface area (Å²) in [5, 5.41) is 5.13. The lowest BCUT2D eigenvalue weighted by molar-refractivity contribution is 0.102. The van der Waals surface area contributed by atoms with Crippen molar-refractivity contribution in [2.45, 2.75) is 24.5 Å². The lowest BCUT2D eigenvalue weighted by Crippen LogP contribution is -2.14. The highest BCUT2D eigenvalue weighted by molar-refractivity contribution is 7.98. The minimum atomic E-state index is -0.0574. The summed E-state index contributed by atoms with van der Waals surface area (Å²) in [4.78, 5) is 15.1. The van der Waals surface area contributed by atoms with Gasteiger partial charge in [0.15, 0.2) is 0 Å². The molecule has 1 heterocycles. The largest absolute Gasteiger partial charge is 0.322 e. The first-order valence-electron chi connectivity index (χ1n) is 7.77. The SMILES string of the molecule is Cc1cccc(NC(=O)c2ccccc2SCc2cccs2)c1C. The smallest absolute Gasteiger partial charge is 0.256 e. The van der Waals surface area contributed by atoms with E-state index in [1.54, 1.807) is 23.1 Å². The number of thioether (sulfide) groups is 1. The topological polar surface area (TPSA) is 29.1 Å². The van der Waals surface area contributed by atoms with Crippen molar-refractivity contribution in [3.05, 3.63) is 81.5 Å². The first-order chi connectivity index (χ1) is 11.6. The van der Waals surface area contributed by atoms with Crippen LogP contribution in [0.4, 0.5) is 5.69 Å². The van der Waals surface area contributed by atoms with E-state index in [4.69, 9.17) is 0 Å². The third-order valence-electron chi connectivity index (χ3n) is 3.93. The van der Waals surface area contributed by atoms with Crippen molar-refractivity contribution in [1.82, 2.24) is 0 Å². The third-order valence-corrected chi connectivity index (χ3v) is 6.12. The van der Waals surface area contributed by atoms with Crippen LogP contribution >= 0.6 is 23.1 Å². The van der Waals surface area contributed by atoms with E-state index >= 15 is 0 Å². The summed E-state index contributed by atoms with van der Waals surface area (Å²) in [6.07, 6.45) is 0. The third kappa shape index (κ3) is 3.89. The van der Waals surface area contributed by atoms with Crippen LogP contribution in [-0.4, -0.2) is 5.91 Å². The van der Waals surface area contributed by atoms with Gasteiger partial charge < -0.3 is 5.32 Å². The number of nitrogens with one attached hydrogen (secondary N) is 1. The Hall–Kier alpha value is -2.04. The van der Waals surface area contributed by atoms with Crippen LogP contribution in [0.25, 0.3) is 0 Å². The molecular formula is C20H19NOS2. The van der Waals surface area contributed by atoms with Gasteiger partial charge in [0, 0.05) is 21.2 Å². The van der Waals surface area contributed by atoms with E-state index in [9.17, 15) is 4.79 Å². The van der Waals surface area contributed by atoms with Gasteiger partial charge in [-0.15, -0.1) is 23.1 Å². The van der Waals surface area contributed by atoms with E-state index in [1.165, 1.54) is 10.4 Å². The van der Waals surface area contributed by atoms with E-state index in [-0.39, 0.29) is 5.91 Å². The fourth-order valence-electron chi connectivity index (χ4n) is 2.40. The fourth-order valence-corrected chi connectivity index (χ4v) is 4.22. The maximum absolute atomic E-state index is 12.7. The Morgan fingerprint density at radius 1 is 1.04 bits per heavy atom. The molecule has 2 nitrogen and oxygen atoms in total. The van der Waals surface area contributed by atoms with E-state index in [1.807, 2.05) is 43.3 Å². The zero-order valence-electron chi connectivity index (χ0n) is 13.7. The molecule has 1 amide bonds. The number of thiophene rings is 1. The second-order valence-electron chi connectivity index (χ2n) is 5.57. The van der Waals surface area contributed by atoms with Crippen LogP contribution < -0.4 is 5.32 Å². The van der Waals surface area contributed by atoms with Gasteiger partial charge in [0.1, 0.15) is 0 Å². The molecule has 2 aromatic carbocycles. The number of amides is 1. The minimum absolute atomic E-state index is 0.0574. The number of rotatable bonds is 5. The first kappa shape index (κ1) is 16.8. The van der Waals surface area contributed by atoms with E-state index in [0.29, 0.717) is 0 Å². The number of hydrogen-bond donors (Lipinski definition) is 1. The average Bonchev–Trinajstić information content (AvgIpc) is 3.11. The molecule has 0 aliphatic rings. The molecule has 0 bridgehead atoms. The van der Waals surface area contributed by atoms with Crippen molar-refractivity contribution in [3.63, 3.8) is 0 Å². The van der Waals surface area contributed by atoms with Gasteiger partial charge in [0.05, 0.1) is 5.56 Å². The molecule has 3 rings (SSSR count). The van der Waals surface area contributed by atoms with Gasteiger partial charge in [-0.2, -0.15) is 0 Å². The van der Waals surface area contributed by atoms with Crippen molar-refractivity contribution < 1.29 is 4.79 Å². The summed E-state index contributed by atoms with van der Waals surface area (Å²) >= 11 is 3.44. The van der Waals surface area contributed by atoms with Gasteiger partial charge in [-0.05, 0) is 54.6 Å². The lowest BCUT2D eigenvalue weighted by atomic mass is 10.1. The monoisotopic (exact) mass is 353 g/mol. The summed E-state index contributed by atoms with van der Waals surface area (Å²) in [7, 11) is 0. The van der Waals surface area contributed by atoms with Crippen molar-refractivity contribution in [2.24, 2.45) is 0 Å². The Bertz CT molecular complexity index is 841. The zero-order chi connectivity index (χ0) is 16.9. The second-order valence-corrected chi connectivity index (χ2v) is 7.62. The Kier molecular flexibility index (Phi) is 5.38. The zero-order valence-corrected chi connectivity index (χ0v) is 15.3. The molecule has 122 valence electrons. The molecule has 0 saturated heterocycles. The predicted octanol–water partition coefficient (Wildman–Crippen LogP) is 5.91. The molecule has 0 atom stereocenters. The molecule has 0 spiro atoms. The Morgan fingerprint density at radius 2 is 1.88 bits per heavy atom. The summed E-state index contributed by atoms with van der Waals surface area (Å²) in [6, 6.07) is 17.9. The Balaban J connectivity index is 1.78. The van der Waals surface area contributed by atoms with Crippen LogP contribution in [-0.2, 0) is 5.75 Å². The van der Waals surface area contributed by atoms with Gasteiger partial charge in [-0.1, -0.05) is 30.3 Å². The van der Waals surface area contributed by atoms with Crippen molar-refractivity contribution >= 4 is 34.7 Å². The van der Waals surface area contributed by atoms with Crippen LogP contribution in [0.3, 0.4) is 0 Å². The number of benzene rings is 2. The Labute approximate surface area is 150 Å². The molecule has 3 aromatic rings. The summed E-state index contributed by atoms with van der Waals surface area (Å²) in [5.74, 6) is 0.823. The average molecular weight is 354 g/mol. The summed E-state index contributed by atoms with van der Waals surface area (Å²) in [6.45, 7) is 4.08. The molecular weight excluding hydrogens is 334 g/mol. The molecule has 4 heteroatoms. The van der Waals surface area contributed by atoms with E-state index in [2.05, 4.69) is 35.8 Å². The number of anilines is 1. The predicted molar refractivity (Wildman–Crippen MR) is 104 cm³/mol. The minimum Gasteiger partial charge on any atom is -0.322 e. The molecule has 0 radical (unpaired) electrons. The lowest BCUT2D eigenvalue weighted by Gasteiger charge is -2.12. The molecule has 24 heavy (non-hydrogen) atoms. The molecule has 1 aromatic heterocycles. The van der Waals surface area contributed by atoms with Gasteiger partial charge in [-0.3, -0.25) is 4.79 Å². The van der Waals surface area contributed by atoms with E-state index < -0.39 is 0 Å². The van der Waals surface area contributed by atoms with Crippen molar-refractivity contribution in [2.75, 3.05) is 5.32 Å². The normalized spacial score (nSPS) is 10.6. The second kappa shape index (κ2) is 7.69.